The molecule has 2 atom stereocenters. The molecule has 7 heteroatoms. The summed E-state index contributed by atoms with van der Waals surface area (Å²) in [5.74, 6) is -0.945. The number of piperidine rings is 1. The summed E-state index contributed by atoms with van der Waals surface area (Å²) in [5.41, 5.74) is 1.47. The molecule has 0 saturated carbocycles. The predicted molar refractivity (Wildman–Crippen MR) is 88.4 cm³/mol. The zero-order valence-electron chi connectivity index (χ0n) is 14.1. The molecule has 0 bridgehead atoms. The second-order valence-corrected chi connectivity index (χ2v) is 6.33. The summed E-state index contributed by atoms with van der Waals surface area (Å²) in [7, 11) is 1.33. The van der Waals surface area contributed by atoms with Crippen LogP contribution in [0.3, 0.4) is 0 Å². The number of carbonyl (C=O) groups is 2. The maximum absolute atomic E-state index is 13.3. The summed E-state index contributed by atoms with van der Waals surface area (Å²) in [5, 5.41) is 3.98. The molecule has 0 spiro atoms. The minimum atomic E-state index is -0.728. The number of methoxy groups -OCH3 is 1. The molecule has 0 aromatic heterocycles. The minimum absolute atomic E-state index is 0.243. The van der Waals surface area contributed by atoms with Gasteiger partial charge in [-0.15, -0.1) is 0 Å². The van der Waals surface area contributed by atoms with Gasteiger partial charge >= 0.3 is 5.97 Å². The van der Waals surface area contributed by atoms with Crippen molar-refractivity contribution in [2.24, 2.45) is 5.16 Å². The largest absolute Gasteiger partial charge is 0.467 e. The number of hydrogen-bond donors (Lipinski definition) is 0. The van der Waals surface area contributed by atoms with Gasteiger partial charge in [0.1, 0.15) is 11.9 Å². The quantitative estimate of drug-likeness (QED) is 0.781. The molecular weight excluding hydrogens is 327 g/mol. The molecule has 1 saturated heterocycles. The molecule has 2 aliphatic heterocycles. The number of halogens is 1. The Balaban J connectivity index is 1.61. The Morgan fingerprint density at radius 1 is 1.40 bits per heavy atom. The van der Waals surface area contributed by atoms with Gasteiger partial charge in [-0.3, -0.25) is 4.79 Å². The number of nitrogens with zero attached hydrogens (tertiary/aromatic N) is 2. The number of hydrogen-bond acceptors (Lipinski definition) is 5. The molecular formula is C18H21FN2O4. The van der Waals surface area contributed by atoms with Gasteiger partial charge in [0.15, 0.2) is 0 Å². The minimum Gasteiger partial charge on any atom is -0.467 e. The van der Waals surface area contributed by atoms with Crippen LogP contribution in [-0.4, -0.2) is 48.3 Å². The van der Waals surface area contributed by atoms with Crippen molar-refractivity contribution in [3.8, 4) is 0 Å². The number of esters is 1. The van der Waals surface area contributed by atoms with Gasteiger partial charge in [-0.1, -0.05) is 17.3 Å². The van der Waals surface area contributed by atoms with E-state index < -0.39 is 18.1 Å². The third-order valence-corrected chi connectivity index (χ3v) is 4.56. The van der Waals surface area contributed by atoms with Crippen molar-refractivity contribution in [1.29, 1.82) is 0 Å². The maximum atomic E-state index is 13.3. The van der Waals surface area contributed by atoms with E-state index in [1.807, 2.05) is 0 Å². The summed E-state index contributed by atoms with van der Waals surface area (Å²) in [6.07, 6.45) is 2.39. The van der Waals surface area contributed by atoms with Gasteiger partial charge in [-0.2, -0.15) is 0 Å². The standard InChI is InChI=1S/C18H21FN2O4/c1-24-18(23)15-7-2-3-8-21(15)17(22)16-11-14(20-25-16)10-12-5-4-6-13(19)9-12/h4-6,9,15-16H,2-3,7-8,10-11H2,1H3/t15-,16+/m0/s1. The molecule has 3 rings (SSSR count). The van der Waals surface area contributed by atoms with Crippen LogP contribution in [0, 0.1) is 5.82 Å². The molecule has 134 valence electrons. The topological polar surface area (TPSA) is 68.2 Å². The highest BCUT2D eigenvalue weighted by Crippen LogP contribution is 2.23. The molecule has 2 aliphatic rings. The van der Waals surface area contributed by atoms with Crippen molar-refractivity contribution < 1.29 is 23.6 Å². The summed E-state index contributed by atoms with van der Waals surface area (Å²) >= 11 is 0. The van der Waals surface area contributed by atoms with Crippen LogP contribution >= 0.6 is 0 Å². The zero-order valence-corrected chi connectivity index (χ0v) is 14.1. The first kappa shape index (κ1) is 17.4. The Hall–Kier alpha value is -2.44. The third-order valence-electron chi connectivity index (χ3n) is 4.56. The average molecular weight is 348 g/mol. The van der Waals surface area contributed by atoms with Gasteiger partial charge < -0.3 is 14.5 Å². The van der Waals surface area contributed by atoms with Crippen molar-refractivity contribution >= 4 is 17.6 Å². The lowest BCUT2D eigenvalue weighted by atomic mass is 9.99. The first-order chi connectivity index (χ1) is 12.1. The fourth-order valence-corrected chi connectivity index (χ4v) is 3.31. The van der Waals surface area contributed by atoms with Crippen LogP contribution in [0.15, 0.2) is 29.4 Å². The molecule has 0 unspecified atom stereocenters. The van der Waals surface area contributed by atoms with Gasteiger partial charge in [-0.05, 0) is 37.0 Å². The van der Waals surface area contributed by atoms with Crippen LogP contribution in [0.4, 0.5) is 4.39 Å². The molecule has 0 radical (unpaired) electrons. The van der Waals surface area contributed by atoms with Crippen molar-refractivity contribution in [2.75, 3.05) is 13.7 Å². The highest BCUT2D eigenvalue weighted by Gasteiger charge is 2.39. The van der Waals surface area contributed by atoms with Gasteiger partial charge in [0.05, 0.1) is 12.8 Å². The van der Waals surface area contributed by atoms with E-state index in [1.54, 1.807) is 17.0 Å². The number of ether oxygens (including phenoxy) is 1. The molecule has 1 fully saturated rings. The highest BCUT2D eigenvalue weighted by atomic mass is 19.1. The summed E-state index contributed by atoms with van der Waals surface area (Å²) in [4.78, 5) is 31.5. The summed E-state index contributed by atoms with van der Waals surface area (Å²) in [6, 6.07) is 5.71. The monoisotopic (exact) mass is 348 g/mol. The van der Waals surface area contributed by atoms with Crippen molar-refractivity contribution in [2.45, 2.75) is 44.2 Å². The van der Waals surface area contributed by atoms with Crippen molar-refractivity contribution in [3.05, 3.63) is 35.6 Å². The van der Waals surface area contributed by atoms with Gasteiger partial charge in [0.25, 0.3) is 5.91 Å². The van der Waals surface area contributed by atoms with E-state index in [-0.39, 0.29) is 11.7 Å². The van der Waals surface area contributed by atoms with Gasteiger partial charge in [-0.25, -0.2) is 9.18 Å². The lowest BCUT2D eigenvalue weighted by Gasteiger charge is -2.34. The molecule has 25 heavy (non-hydrogen) atoms. The molecule has 1 aromatic carbocycles. The lowest BCUT2D eigenvalue weighted by molar-refractivity contribution is -0.159. The Morgan fingerprint density at radius 2 is 2.24 bits per heavy atom. The first-order valence-electron chi connectivity index (χ1n) is 8.43. The van der Waals surface area contributed by atoms with Crippen LogP contribution in [-0.2, 0) is 25.6 Å². The van der Waals surface area contributed by atoms with E-state index in [9.17, 15) is 14.0 Å². The van der Waals surface area contributed by atoms with E-state index in [0.717, 1.165) is 18.4 Å². The fourth-order valence-electron chi connectivity index (χ4n) is 3.31. The van der Waals surface area contributed by atoms with E-state index in [4.69, 9.17) is 9.57 Å². The Labute approximate surface area is 145 Å². The third kappa shape index (κ3) is 3.97. The van der Waals surface area contributed by atoms with E-state index in [1.165, 1.54) is 19.2 Å². The van der Waals surface area contributed by atoms with Crippen LogP contribution in [0.25, 0.3) is 0 Å². The SMILES string of the molecule is COC(=O)[C@@H]1CCCCN1C(=O)[C@H]1CC(Cc2cccc(F)c2)=NO1. The Morgan fingerprint density at radius 3 is 3.00 bits per heavy atom. The van der Waals surface area contributed by atoms with Crippen molar-refractivity contribution in [1.82, 2.24) is 4.90 Å². The number of amides is 1. The Kier molecular flexibility index (Phi) is 5.31. The number of carbonyl (C=O) groups excluding carboxylic acids is 2. The number of rotatable bonds is 4. The zero-order chi connectivity index (χ0) is 17.8. The predicted octanol–water partition coefficient (Wildman–Crippen LogP) is 2.07. The average Bonchev–Trinajstić information content (AvgIpc) is 3.09. The van der Waals surface area contributed by atoms with Crippen molar-refractivity contribution in [3.63, 3.8) is 0 Å². The lowest BCUT2D eigenvalue weighted by Crippen LogP contribution is -2.51. The fraction of sp³-hybridized carbons (Fsp3) is 0.500. The van der Waals surface area contributed by atoms with E-state index in [2.05, 4.69) is 5.16 Å². The summed E-state index contributed by atoms with van der Waals surface area (Å²) in [6.45, 7) is 0.512. The number of likely N-dealkylation sites (tertiary alicyclic amines) is 1. The smallest absolute Gasteiger partial charge is 0.328 e. The van der Waals surface area contributed by atoms with Crippen LogP contribution in [0.5, 0.6) is 0 Å². The number of benzene rings is 1. The normalized spacial score (nSPS) is 23.0. The Bertz CT molecular complexity index is 691. The summed E-state index contributed by atoms with van der Waals surface area (Å²) < 4.78 is 18.1. The van der Waals surface area contributed by atoms with Crippen LogP contribution < -0.4 is 0 Å². The first-order valence-corrected chi connectivity index (χ1v) is 8.43. The van der Waals surface area contributed by atoms with E-state index >= 15 is 0 Å². The molecule has 0 N–H and O–H groups in total. The molecule has 1 aromatic rings. The second kappa shape index (κ2) is 7.63. The molecule has 1 amide bonds. The maximum Gasteiger partial charge on any atom is 0.328 e. The van der Waals surface area contributed by atoms with Gasteiger partial charge in [0, 0.05) is 19.4 Å². The molecule has 6 nitrogen and oxygen atoms in total. The number of oxime groups is 1. The molecule has 0 aliphatic carbocycles. The van der Waals surface area contributed by atoms with Crippen LogP contribution in [0.1, 0.15) is 31.2 Å². The van der Waals surface area contributed by atoms with Crippen LogP contribution in [0.2, 0.25) is 0 Å². The second-order valence-electron chi connectivity index (χ2n) is 6.33. The van der Waals surface area contributed by atoms with E-state index in [0.29, 0.717) is 31.5 Å². The highest BCUT2D eigenvalue weighted by molar-refractivity contribution is 5.95. The molecule has 2 heterocycles. The van der Waals surface area contributed by atoms with Gasteiger partial charge in [0.2, 0.25) is 6.10 Å².